The SMILES string of the molecule is C=C(C)CN1C(=O)NC(C)(c2ccc(Cl)cc2)C1=O. The van der Waals surface area contributed by atoms with Crippen LogP contribution in [0.15, 0.2) is 36.4 Å². The fourth-order valence-corrected chi connectivity index (χ4v) is 2.22. The number of urea groups is 1. The van der Waals surface area contributed by atoms with Crippen LogP contribution in [-0.2, 0) is 10.3 Å². The highest BCUT2D eigenvalue weighted by Crippen LogP contribution is 2.29. The third-order valence-corrected chi connectivity index (χ3v) is 3.38. The van der Waals surface area contributed by atoms with Crippen molar-refractivity contribution in [2.24, 2.45) is 0 Å². The molecule has 1 N–H and O–H groups in total. The molecule has 1 aromatic rings. The monoisotopic (exact) mass is 278 g/mol. The summed E-state index contributed by atoms with van der Waals surface area (Å²) in [4.78, 5) is 25.5. The maximum atomic E-state index is 12.4. The van der Waals surface area contributed by atoms with E-state index in [1.807, 2.05) is 0 Å². The first-order valence-electron chi connectivity index (χ1n) is 5.89. The standard InChI is InChI=1S/C14H15ClN2O2/c1-9(2)8-17-12(18)14(3,16-13(17)19)10-4-6-11(15)7-5-10/h4-7H,1,8H2,2-3H3,(H,16,19). The summed E-state index contributed by atoms with van der Waals surface area (Å²) in [5, 5.41) is 3.31. The van der Waals surface area contributed by atoms with E-state index in [2.05, 4.69) is 11.9 Å². The number of halogens is 1. The molecule has 1 heterocycles. The van der Waals surface area contributed by atoms with E-state index in [0.717, 1.165) is 5.57 Å². The molecule has 0 radical (unpaired) electrons. The van der Waals surface area contributed by atoms with E-state index in [9.17, 15) is 9.59 Å². The zero-order chi connectivity index (χ0) is 14.2. The van der Waals surface area contributed by atoms with Gasteiger partial charge in [-0.1, -0.05) is 35.9 Å². The number of carbonyl (C=O) groups is 2. The highest BCUT2D eigenvalue weighted by Gasteiger charge is 2.48. The van der Waals surface area contributed by atoms with Crippen LogP contribution in [0, 0.1) is 0 Å². The van der Waals surface area contributed by atoms with Crippen LogP contribution < -0.4 is 5.32 Å². The van der Waals surface area contributed by atoms with Gasteiger partial charge >= 0.3 is 6.03 Å². The predicted octanol–water partition coefficient (Wildman–Crippen LogP) is 2.68. The van der Waals surface area contributed by atoms with Gasteiger partial charge in [-0.05, 0) is 31.5 Å². The number of benzene rings is 1. The molecule has 4 nitrogen and oxygen atoms in total. The van der Waals surface area contributed by atoms with Gasteiger partial charge in [-0.2, -0.15) is 0 Å². The number of nitrogens with one attached hydrogen (secondary N) is 1. The Kier molecular flexibility index (Phi) is 3.37. The minimum Gasteiger partial charge on any atom is -0.319 e. The van der Waals surface area contributed by atoms with Crippen molar-refractivity contribution in [3.8, 4) is 0 Å². The molecule has 0 aromatic heterocycles. The maximum absolute atomic E-state index is 12.4. The van der Waals surface area contributed by atoms with E-state index in [1.165, 1.54) is 4.90 Å². The second kappa shape index (κ2) is 4.70. The van der Waals surface area contributed by atoms with Crippen molar-refractivity contribution in [2.75, 3.05) is 6.54 Å². The van der Waals surface area contributed by atoms with Crippen molar-refractivity contribution in [3.63, 3.8) is 0 Å². The number of nitrogens with zero attached hydrogens (tertiary/aromatic N) is 1. The van der Waals surface area contributed by atoms with Gasteiger partial charge in [0.15, 0.2) is 0 Å². The Balaban J connectivity index is 2.35. The lowest BCUT2D eigenvalue weighted by atomic mass is 9.92. The average molecular weight is 279 g/mol. The molecular formula is C14H15ClN2O2. The number of imide groups is 1. The van der Waals surface area contributed by atoms with Gasteiger partial charge in [-0.15, -0.1) is 0 Å². The largest absolute Gasteiger partial charge is 0.325 e. The lowest BCUT2D eigenvalue weighted by Crippen LogP contribution is -2.41. The first-order chi connectivity index (χ1) is 8.84. The van der Waals surface area contributed by atoms with Crippen molar-refractivity contribution in [2.45, 2.75) is 19.4 Å². The second-order valence-corrected chi connectivity index (χ2v) is 5.35. The zero-order valence-electron chi connectivity index (χ0n) is 10.9. The number of carbonyl (C=O) groups excluding carboxylic acids is 2. The number of hydrogen-bond donors (Lipinski definition) is 1. The predicted molar refractivity (Wildman–Crippen MR) is 73.9 cm³/mol. The van der Waals surface area contributed by atoms with Crippen LogP contribution in [0.4, 0.5) is 4.79 Å². The fourth-order valence-electron chi connectivity index (χ4n) is 2.09. The quantitative estimate of drug-likeness (QED) is 0.683. The molecule has 1 fully saturated rings. The Hall–Kier alpha value is -1.81. The van der Waals surface area contributed by atoms with Gasteiger partial charge in [0.1, 0.15) is 5.54 Å². The van der Waals surface area contributed by atoms with E-state index in [-0.39, 0.29) is 12.5 Å². The molecule has 100 valence electrons. The first-order valence-corrected chi connectivity index (χ1v) is 6.27. The van der Waals surface area contributed by atoms with E-state index < -0.39 is 11.6 Å². The molecular weight excluding hydrogens is 264 g/mol. The fraction of sp³-hybridized carbons (Fsp3) is 0.286. The molecule has 1 saturated heterocycles. The summed E-state index contributed by atoms with van der Waals surface area (Å²) in [6.45, 7) is 7.42. The molecule has 1 aliphatic heterocycles. The maximum Gasteiger partial charge on any atom is 0.325 e. The molecule has 0 saturated carbocycles. The lowest BCUT2D eigenvalue weighted by molar-refractivity contribution is -0.130. The van der Waals surface area contributed by atoms with Gasteiger partial charge in [-0.3, -0.25) is 9.69 Å². The molecule has 0 spiro atoms. The van der Waals surface area contributed by atoms with E-state index >= 15 is 0 Å². The lowest BCUT2D eigenvalue weighted by Gasteiger charge is -2.22. The smallest absolute Gasteiger partial charge is 0.319 e. The van der Waals surface area contributed by atoms with E-state index in [1.54, 1.807) is 38.1 Å². The van der Waals surface area contributed by atoms with Gasteiger partial charge in [0.05, 0.1) is 6.54 Å². The van der Waals surface area contributed by atoms with Gasteiger partial charge in [0.2, 0.25) is 0 Å². The van der Waals surface area contributed by atoms with Crippen molar-refractivity contribution in [1.29, 1.82) is 0 Å². The zero-order valence-corrected chi connectivity index (χ0v) is 11.6. The highest BCUT2D eigenvalue weighted by atomic mass is 35.5. The Labute approximate surface area is 117 Å². The average Bonchev–Trinajstić information content (AvgIpc) is 2.54. The van der Waals surface area contributed by atoms with Crippen LogP contribution >= 0.6 is 11.6 Å². The summed E-state index contributed by atoms with van der Waals surface area (Å²) >= 11 is 5.83. The minimum atomic E-state index is -1.04. The van der Waals surface area contributed by atoms with Gasteiger partial charge in [-0.25, -0.2) is 4.79 Å². The van der Waals surface area contributed by atoms with Gasteiger partial charge in [0, 0.05) is 5.02 Å². The van der Waals surface area contributed by atoms with Crippen LogP contribution in [0.1, 0.15) is 19.4 Å². The van der Waals surface area contributed by atoms with E-state index in [4.69, 9.17) is 11.6 Å². The van der Waals surface area contributed by atoms with Gasteiger partial charge in [0.25, 0.3) is 5.91 Å². The molecule has 19 heavy (non-hydrogen) atoms. The van der Waals surface area contributed by atoms with Crippen LogP contribution in [0.5, 0.6) is 0 Å². The third-order valence-electron chi connectivity index (χ3n) is 3.12. The molecule has 1 aromatic carbocycles. The van der Waals surface area contributed by atoms with Crippen LogP contribution in [0.3, 0.4) is 0 Å². The Bertz CT molecular complexity index is 553. The summed E-state index contributed by atoms with van der Waals surface area (Å²) < 4.78 is 0. The molecule has 0 bridgehead atoms. The summed E-state index contributed by atoms with van der Waals surface area (Å²) in [5.41, 5.74) is 0.417. The van der Waals surface area contributed by atoms with Crippen molar-refractivity contribution in [1.82, 2.24) is 10.2 Å². The van der Waals surface area contributed by atoms with Crippen molar-refractivity contribution < 1.29 is 9.59 Å². The number of amides is 3. The minimum absolute atomic E-state index is 0.230. The first kappa shape index (κ1) is 13.6. The van der Waals surface area contributed by atoms with E-state index in [0.29, 0.717) is 10.6 Å². The Morgan fingerprint density at radius 3 is 2.47 bits per heavy atom. The normalized spacial score (nSPS) is 22.6. The summed E-state index contributed by atoms with van der Waals surface area (Å²) in [6.07, 6.45) is 0. The molecule has 1 aliphatic rings. The molecule has 1 unspecified atom stereocenters. The number of hydrogen-bond acceptors (Lipinski definition) is 2. The highest BCUT2D eigenvalue weighted by molar-refractivity contribution is 6.30. The van der Waals surface area contributed by atoms with Crippen LogP contribution in [-0.4, -0.2) is 23.4 Å². The second-order valence-electron chi connectivity index (χ2n) is 4.91. The third kappa shape index (κ3) is 2.36. The summed E-state index contributed by atoms with van der Waals surface area (Å²) in [7, 11) is 0. The molecule has 2 rings (SSSR count). The summed E-state index contributed by atoms with van der Waals surface area (Å²) in [6, 6.07) is 6.48. The molecule has 1 atom stereocenters. The van der Waals surface area contributed by atoms with Gasteiger partial charge < -0.3 is 5.32 Å². The molecule has 0 aliphatic carbocycles. The topological polar surface area (TPSA) is 49.4 Å². The summed E-state index contributed by atoms with van der Waals surface area (Å²) in [5.74, 6) is -0.275. The molecule has 3 amide bonds. The van der Waals surface area contributed by atoms with Crippen molar-refractivity contribution >= 4 is 23.5 Å². The molecule has 5 heteroatoms. The Morgan fingerprint density at radius 1 is 1.37 bits per heavy atom. The van der Waals surface area contributed by atoms with Crippen molar-refractivity contribution in [3.05, 3.63) is 47.0 Å². The van der Waals surface area contributed by atoms with Crippen LogP contribution in [0.25, 0.3) is 0 Å². The van der Waals surface area contributed by atoms with Crippen LogP contribution in [0.2, 0.25) is 5.02 Å². The Morgan fingerprint density at radius 2 is 1.95 bits per heavy atom. The number of rotatable bonds is 3.